The van der Waals surface area contributed by atoms with Gasteiger partial charge in [-0.25, -0.2) is 4.39 Å². The van der Waals surface area contributed by atoms with E-state index in [1.54, 1.807) is 23.9 Å². The molecule has 3 aromatic rings. The molecule has 1 heterocycles. The number of nitro groups is 1. The molecule has 1 aromatic heterocycles. The average Bonchev–Trinajstić information content (AvgIpc) is 2.84. The summed E-state index contributed by atoms with van der Waals surface area (Å²) in [4.78, 5) is 10.4. The van der Waals surface area contributed by atoms with Crippen molar-refractivity contribution in [3.63, 3.8) is 0 Å². The van der Waals surface area contributed by atoms with E-state index in [1.165, 1.54) is 12.1 Å². The van der Waals surface area contributed by atoms with E-state index >= 15 is 0 Å². The van der Waals surface area contributed by atoms with Gasteiger partial charge in [0.15, 0.2) is 0 Å². The van der Waals surface area contributed by atoms with E-state index in [2.05, 4.69) is 0 Å². The van der Waals surface area contributed by atoms with Gasteiger partial charge in [0.2, 0.25) is 6.54 Å². The van der Waals surface area contributed by atoms with E-state index in [0.29, 0.717) is 5.52 Å². The highest BCUT2D eigenvalue weighted by molar-refractivity contribution is 5.85. The number of aromatic nitrogens is 1. The Hall–Kier alpha value is -2.73. The minimum Gasteiger partial charge on any atom is -0.385 e. The Morgan fingerprint density at radius 1 is 1.25 bits per heavy atom. The molecule has 2 atom stereocenters. The van der Waals surface area contributed by atoms with Crippen LogP contribution in [-0.2, 0) is 7.05 Å². The maximum atomic E-state index is 13.5. The molecule has 2 unspecified atom stereocenters. The molecule has 24 heavy (non-hydrogen) atoms. The van der Waals surface area contributed by atoms with Crippen LogP contribution in [0.25, 0.3) is 10.9 Å². The lowest BCUT2D eigenvalue weighted by Crippen LogP contribution is -2.27. The summed E-state index contributed by atoms with van der Waals surface area (Å²) in [6.45, 7) is -0.558. The van der Waals surface area contributed by atoms with Gasteiger partial charge in [-0.05, 0) is 29.3 Å². The van der Waals surface area contributed by atoms with Gasteiger partial charge in [-0.1, -0.05) is 30.3 Å². The molecule has 124 valence electrons. The van der Waals surface area contributed by atoms with Crippen LogP contribution in [0.15, 0.2) is 54.7 Å². The van der Waals surface area contributed by atoms with Gasteiger partial charge in [0.05, 0.1) is 5.52 Å². The monoisotopic (exact) mass is 328 g/mol. The lowest BCUT2D eigenvalue weighted by molar-refractivity contribution is -0.490. The number of rotatable bonds is 5. The first-order chi connectivity index (χ1) is 11.5. The zero-order valence-electron chi connectivity index (χ0n) is 13.1. The lowest BCUT2D eigenvalue weighted by Gasteiger charge is -2.20. The van der Waals surface area contributed by atoms with Crippen LogP contribution in [0, 0.1) is 15.9 Å². The molecule has 0 spiro atoms. The van der Waals surface area contributed by atoms with Crippen molar-refractivity contribution in [1.82, 2.24) is 4.57 Å². The summed E-state index contributed by atoms with van der Waals surface area (Å²) in [5.41, 5.74) is 2.20. The average molecular weight is 328 g/mol. The quantitative estimate of drug-likeness (QED) is 0.578. The highest BCUT2D eigenvalue weighted by Crippen LogP contribution is 2.34. The fraction of sp³-hybridized carbons (Fsp3) is 0.222. The van der Waals surface area contributed by atoms with Crippen LogP contribution in [0.5, 0.6) is 0 Å². The molecular formula is C18H17FN2O3. The third-order valence-electron chi connectivity index (χ3n) is 4.20. The zero-order chi connectivity index (χ0) is 17.3. The Labute approximate surface area is 138 Å². The number of aryl methyl sites for hydroxylation is 1. The molecule has 0 saturated carbocycles. The van der Waals surface area contributed by atoms with Crippen LogP contribution >= 0.6 is 0 Å². The minimum absolute atomic E-state index is 0.350. The van der Waals surface area contributed by atoms with Crippen molar-refractivity contribution < 1.29 is 14.4 Å². The summed E-state index contributed by atoms with van der Waals surface area (Å²) in [7, 11) is 1.78. The third kappa shape index (κ3) is 3.00. The van der Waals surface area contributed by atoms with Gasteiger partial charge in [-0.2, -0.15) is 0 Å². The Morgan fingerprint density at radius 2 is 1.96 bits per heavy atom. The van der Waals surface area contributed by atoms with Gasteiger partial charge in [0.1, 0.15) is 11.9 Å². The van der Waals surface area contributed by atoms with Crippen molar-refractivity contribution in [2.45, 2.75) is 12.0 Å². The van der Waals surface area contributed by atoms with Crippen molar-refractivity contribution in [2.75, 3.05) is 6.54 Å². The van der Waals surface area contributed by atoms with Crippen LogP contribution in [0.3, 0.4) is 0 Å². The fourth-order valence-electron chi connectivity index (χ4n) is 3.16. The fourth-order valence-corrected chi connectivity index (χ4v) is 3.16. The summed E-state index contributed by atoms with van der Waals surface area (Å²) in [5, 5.41) is 22.1. The molecule has 0 bridgehead atoms. The van der Waals surface area contributed by atoms with E-state index in [0.717, 1.165) is 16.5 Å². The number of nitrogens with zero attached hydrogens (tertiary/aromatic N) is 2. The molecule has 0 amide bonds. The Bertz CT molecular complexity index is 877. The number of aliphatic hydroxyl groups is 1. The lowest BCUT2D eigenvalue weighted by atomic mass is 9.86. The highest BCUT2D eigenvalue weighted by atomic mass is 19.1. The second-order valence-electron chi connectivity index (χ2n) is 5.83. The van der Waals surface area contributed by atoms with Crippen molar-refractivity contribution >= 4 is 10.9 Å². The molecule has 0 aliphatic carbocycles. The Kier molecular flexibility index (Phi) is 4.31. The largest absolute Gasteiger partial charge is 0.385 e. The molecule has 5 nitrogen and oxygen atoms in total. The smallest absolute Gasteiger partial charge is 0.230 e. The van der Waals surface area contributed by atoms with Crippen LogP contribution in [0.1, 0.15) is 17.0 Å². The van der Waals surface area contributed by atoms with E-state index in [4.69, 9.17) is 0 Å². The molecule has 6 heteroatoms. The van der Waals surface area contributed by atoms with Crippen molar-refractivity contribution in [1.29, 1.82) is 0 Å². The van der Waals surface area contributed by atoms with Crippen LogP contribution < -0.4 is 0 Å². The molecule has 0 aliphatic rings. The number of benzene rings is 2. The predicted octanol–water partition coefficient (Wildman–Crippen LogP) is 3.09. The van der Waals surface area contributed by atoms with E-state index < -0.39 is 23.5 Å². The number of aliphatic hydroxyl groups excluding tert-OH is 1. The predicted molar refractivity (Wildman–Crippen MR) is 89.0 cm³/mol. The van der Waals surface area contributed by atoms with Crippen molar-refractivity contribution in [3.05, 3.63) is 81.8 Å². The third-order valence-corrected chi connectivity index (χ3v) is 4.20. The Balaban J connectivity index is 2.17. The number of hydrogen-bond donors (Lipinski definition) is 1. The summed E-state index contributed by atoms with van der Waals surface area (Å²) in [6.07, 6.45) is 0.614. The van der Waals surface area contributed by atoms with Gasteiger partial charge in [-0.3, -0.25) is 10.1 Å². The summed E-state index contributed by atoms with van der Waals surface area (Å²) in [5.74, 6) is -0.914. The topological polar surface area (TPSA) is 68.3 Å². The molecule has 0 aliphatic heterocycles. The molecule has 0 fully saturated rings. The SMILES string of the molecule is Cn1cc(C(c2ccccc2)C(O)C[N+](=O)[O-])c2ccc(F)cc21. The van der Waals surface area contributed by atoms with Crippen LogP contribution in [-0.4, -0.2) is 27.2 Å². The maximum Gasteiger partial charge on any atom is 0.230 e. The molecule has 0 saturated heterocycles. The molecule has 3 rings (SSSR count). The zero-order valence-corrected chi connectivity index (χ0v) is 13.1. The number of halogens is 1. The van der Waals surface area contributed by atoms with Gasteiger partial charge >= 0.3 is 0 Å². The van der Waals surface area contributed by atoms with Crippen molar-refractivity contribution in [2.24, 2.45) is 7.05 Å². The van der Waals surface area contributed by atoms with Gasteiger partial charge in [-0.15, -0.1) is 0 Å². The highest BCUT2D eigenvalue weighted by Gasteiger charge is 2.29. The summed E-state index contributed by atoms with van der Waals surface area (Å²) in [6, 6.07) is 13.6. The first-order valence-corrected chi connectivity index (χ1v) is 7.56. The molecule has 2 aromatic carbocycles. The number of hydrogen-bond acceptors (Lipinski definition) is 3. The standard InChI is InChI=1S/C18H17FN2O3/c1-20-10-15(14-8-7-13(19)9-16(14)20)18(17(22)11-21(23)24)12-5-3-2-4-6-12/h2-10,17-18,22H,11H2,1H3. The van der Waals surface area contributed by atoms with E-state index in [9.17, 15) is 19.6 Å². The van der Waals surface area contributed by atoms with Crippen LogP contribution in [0.2, 0.25) is 0 Å². The Morgan fingerprint density at radius 3 is 2.62 bits per heavy atom. The van der Waals surface area contributed by atoms with Gasteiger partial charge < -0.3 is 9.67 Å². The summed E-state index contributed by atoms with van der Waals surface area (Å²) >= 11 is 0. The normalized spacial score (nSPS) is 13.8. The summed E-state index contributed by atoms with van der Waals surface area (Å²) < 4.78 is 15.3. The minimum atomic E-state index is -1.18. The maximum absolute atomic E-state index is 13.5. The van der Waals surface area contributed by atoms with Gasteiger partial charge in [0, 0.05) is 29.5 Å². The van der Waals surface area contributed by atoms with Gasteiger partial charge in [0.25, 0.3) is 0 Å². The number of fused-ring (bicyclic) bond motifs is 1. The van der Waals surface area contributed by atoms with E-state index in [-0.39, 0.29) is 5.82 Å². The van der Waals surface area contributed by atoms with Crippen LogP contribution in [0.4, 0.5) is 4.39 Å². The second kappa shape index (κ2) is 6.41. The van der Waals surface area contributed by atoms with E-state index in [1.807, 2.05) is 30.3 Å². The second-order valence-corrected chi connectivity index (χ2v) is 5.83. The molecule has 1 N–H and O–H groups in total. The van der Waals surface area contributed by atoms with Crippen molar-refractivity contribution in [3.8, 4) is 0 Å². The first-order valence-electron chi connectivity index (χ1n) is 7.56. The molecular weight excluding hydrogens is 311 g/mol. The molecule has 0 radical (unpaired) electrons. The first kappa shape index (κ1) is 16.1.